The van der Waals surface area contributed by atoms with Crippen molar-refractivity contribution in [1.29, 1.82) is 0 Å². The molecule has 6 nitrogen and oxygen atoms in total. The molecule has 0 radical (unpaired) electrons. The maximum absolute atomic E-state index is 12.5. The first-order chi connectivity index (χ1) is 11.9. The first-order valence-electron chi connectivity index (χ1n) is 8.08. The van der Waals surface area contributed by atoms with Gasteiger partial charge in [0.1, 0.15) is 0 Å². The third-order valence-corrected chi connectivity index (χ3v) is 4.16. The number of methoxy groups -OCH3 is 1. The summed E-state index contributed by atoms with van der Waals surface area (Å²) < 4.78 is 42.6. The molecule has 1 aromatic rings. The van der Waals surface area contributed by atoms with Crippen LogP contribution in [0.15, 0.2) is 10.4 Å². The zero-order valence-corrected chi connectivity index (χ0v) is 15.6. The van der Waals surface area contributed by atoms with Crippen LogP contribution < -0.4 is 10.6 Å². The first kappa shape index (κ1) is 21.7. The maximum Gasteiger partial charge on any atom is 0.434 e. The standard InChI is InChI=1S/C15H26F3N5OS/c1-4-19-14(21-7-8-23(2)9-10-24-3)20-6-5-13-22-12(11-25-13)15(16,17)18/h11H,4-10H2,1-3H3,(H2,19,20,21). The molecule has 0 aliphatic rings. The van der Waals surface area contributed by atoms with Crippen LogP contribution in [0.2, 0.25) is 0 Å². The molecule has 2 N–H and O–H groups in total. The van der Waals surface area contributed by atoms with Crippen LogP contribution in [0.4, 0.5) is 13.2 Å². The van der Waals surface area contributed by atoms with E-state index in [1.54, 1.807) is 7.11 Å². The summed E-state index contributed by atoms with van der Waals surface area (Å²) >= 11 is 1.02. The highest BCUT2D eigenvalue weighted by molar-refractivity contribution is 7.09. The van der Waals surface area contributed by atoms with Gasteiger partial charge in [0.05, 0.1) is 18.2 Å². The van der Waals surface area contributed by atoms with Crippen LogP contribution in [-0.4, -0.2) is 69.3 Å². The number of rotatable bonds is 10. The van der Waals surface area contributed by atoms with Crippen LogP contribution in [0.3, 0.4) is 0 Å². The molecule has 1 aromatic heterocycles. The van der Waals surface area contributed by atoms with Gasteiger partial charge >= 0.3 is 6.18 Å². The largest absolute Gasteiger partial charge is 0.434 e. The summed E-state index contributed by atoms with van der Waals surface area (Å²) in [7, 11) is 3.66. The number of hydrogen-bond acceptors (Lipinski definition) is 5. The minimum absolute atomic E-state index is 0.416. The van der Waals surface area contributed by atoms with Crippen LogP contribution in [0.1, 0.15) is 17.6 Å². The van der Waals surface area contributed by atoms with Crippen molar-refractivity contribution in [2.24, 2.45) is 4.99 Å². The van der Waals surface area contributed by atoms with E-state index in [9.17, 15) is 13.2 Å². The smallest absolute Gasteiger partial charge is 0.383 e. The highest BCUT2D eigenvalue weighted by atomic mass is 32.1. The topological polar surface area (TPSA) is 61.8 Å². The van der Waals surface area contributed by atoms with Crippen molar-refractivity contribution in [3.8, 4) is 0 Å². The SMILES string of the molecule is CCNC(=NCCN(C)CCOC)NCCc1nc(C(F)(F)F)cs1. The van der Waals surface area contributed by atoms with Crippen molar-refractivity contribution in [2.75, 3.05) is 53.5 Å². The van der Waals surface area contributed by atoms with Gasteiger partial charge < -0.3 is 20.3 Å². The van der Waals surface area contributed by atoms with Crippen LogP contribution >= 0.6 is 11.3 Å². The Morgan fingerprint density at radius 3 is 2.72 bits per heavy atom. The number of nitrogens with one attached hydrogen (secondary N) is 2. The predicted octanol–water partition coefficient (Wildman–Crippen LogP) is 1.84. The molecular weight excluding hydrogens is 355 g/mol. The molecule has 0 saturated heterocycles. The van der Waals surface area contributed by atoms with Gasteiger partial charge in [0.2, 0.25) is 0 Å². The molecule has 10 heteroatoms. The van der Waals surface area contributed by atoms with Gasteiger partial charge in [-0.05, 0) is 14.0 Å². The zero-order chi connectivity index (χ0) is 18.7. The quantitative estimate of drug-likeness (QED) is 0.478. The molecule has 25 heavy (non-hydrogen) atoms. The maximum atomic E-state index is 12.5. The first-order valence-corrected chi connectivity index (χ1v) is 8.96. The summed E-state index contributed by atoms with van der Waals surface area (Å²) in [5.41, 5.74) is -0.827. The molecule has 0 amide bonds. The van der Waals surface area contributed by atoms with Gasteiger partial charge in [0.25, 0.3) is 0 Å². The van der Waals surface area contributed by atoms with Crippen molar-refractivity contribution in [3.05, 3.63) is 16.1 Å². The second-order valence-corrected chi connectivity index (χ2v) is 6.30. The molecule has 0 spiro atoms. The van der Waals surface area contributed by atoms with E-state index in [1.807, 2.05) is 14.0 Å². The molecule has 0 unspecified atom stereocenters. The molecule has 0 bridgehead atoms. The van der Waals surface area contributed by atoms with E-state index in [4.69, 9.17) is 4.74 Å². The number of ether oxygens (including phenoxy) is 1. The second kappa shape index (κ2) is 11.3. The fourth-order valence-corrected chi connectivity index (χ4v) is 2.68. The fourth-order valence-electron chi connectivity index (χ4n) is 1.88. The lowest BCUT2D eigenvalue weighted by atomic mass is 10.4. The molecule has 0 aliphatic heterocycles. The number of halogens is 3. The van der Waals surface area contributed by atoms with E-state index in [2.05, 4.69) is 25.5 Å². The third-order valence-electron chi connectivity index (χ3n) is 3.25. The lowest BCUT2D eigenvalue weighted by Crippen LogP contribution is -2.39. The minimum Gasteiger partial charge on any atom is -0.383 e. The van der Waals surface area contributed by atoms with Gasteiger partial charge in [-0.2, -0.15) is 13.2 Å². The number of hydrogen-bond donors (Lipinski definition) is 2. The third kappa shape index (κ3) is 9.03. The van der Waals surface area contributed by atoms with Gasteiger partial charge in [-0.25, -0.2) is 4.98 Å². The molecule has 1 heterocycles. The molecule has 0 saturated carbocycles. The van der Waals surface area contributed by atoms with Crippen molar-refractivity contribution < 1.29 is 17.9 Å². The van der Waals surface area contributed by atoms with E-state index >= 15 is 0 Å². The Labute approximate surface area is 150 Å². The highest BCUT2D eigenvalue weighted by Crippen LogP contribution is 2.29. The van der Waals surface area contributed by atoms with Gasteiger partial charge in [-0.15, -0.1) is 11.3 Å². The van der Waals surface area contributed by atoms with E-state index in [0.717, 1.165) is 29.8 Å². The summed E-state index contributed by atoms with van der Waals surface area (Å²) in [6.45, 7) is 6.05. The summed E-state index contributed by atoms with van der Waals surface area (Å²) in [5, 5.41) is 7.73. The molecule has 144 valence electrons. The molecule has 1 rings (SSSR count). The van der Waals surface area contributed by atoms with Crippen LogP contribution in [0.25, 0.3) is 0 Å². The van der Waals surface area contributed by atoms with Crippen molar-refractivity contribution in [1.82, 2.24) is 20.5 Å². The van der Waals surface area contributed by atoms with Gasteiger partial charge in [-0.3, -0.25) is 4.99 Å². The molecule has 0 atom stereocenters. The van der Waals surface area contributed by atoms with E-state index in [0.29, 0.717) is 43.6 Å². The predicted molar refractivity (Wildman–Crippen MR) is 94.2 cm³/mol. The van der Waals surface area contributed by atoms with Crippen LogP contribution in [0, 0.1) is 0 Å². The Bertz CT molecular complexity index is 522. The number of likely N-dealkylation sites (N-methyl/N-ethyl adjacent to an activating group) is 1. The Morgan fingerprint density at radius 2 is 2.12 bits per heavy atom. The Hall–Kier alpha value is -1.39. The monoisotopic (exact) mass is 381 g/mol. The lowest BCUT2D eigenvalue weighted by molar-refractivity contribution is -0.140. The Morgan fingerprint density at radius 1 is 1.36 bits per heavy atom. The van der Waals surface area contributed by atoms with Crippen LogP contribution in [-0.2, 0) is 17.3 Å². The van der Waals surface area contributed by atoms with Crippen molar-refractivity contribution in [2.45, 2.75) is 19.5 Å². The van der Waals surface area contributed by atoms with Crippen LogP contribution in [0.5, 0.6) is 0 Å². The van der Waals surface area contributed by atoms with E-state index in [1.165, 1.54) is 0 Å². The Balaban J connectivity index is 2.39. The van der Waals surface area contributed by atoms with Crippen molar-refractivity contribution in [3.63, 3.8) is 0 Å². The molecule has 0 aliphatic carbocycles. The molecular formula is C15H26F3N5OS. The van der Waals surface area contributed by atoms with Gasteiger partial charge in [-0.1, -0.05) is 0 Å². The normalized spacial score (nSPS) is 12.7. The number of nitrogens with zero attached hydrogens (tertiary/aromatic N) is 3. The highest BCUT2D eigenvalue weighted by Gasteiger charge is 2.33. The van der Waals surface area contributed by atoms with E-state index in [-0.39, 0.29) is 0 Å². The summed E-state index contributed by atoms with van der Waals surface area (Å²) in [6.07, 6.45) is -3.97. The average Bonchev–Trinajstić information content (AvgIpc) is 3.02. The number of thiazole rings is 1. The fraction of sp³-hybridized carbons (Fsp3) is 0.733. The molecule has 0 fully saturated rings. The number of aromatic nitrogens is 1. The summed E-state index contributed by atoms with van der Waals surface area (Å²) in [5.74, 6) is 0.648. The minimum atomic E-state index is -4.38. The molecule has 0 aromatic carbocycles. The zero-order valence-electron chi connectivity index (χ0n) is 14.8. The van der Waals surface area contributed by atoms with Gasteiger partial charge in [0, 0.05) is 45.1 Å². The van der Waals surface area contributed by atoms with Gasteiger partial charge in [0.15, 0.2) is 11.7 Å². The van der Waals surface area contributed by atoms with E-state index < -0.39 is 11.9 Å². The van der Waals surface area contributed by atoms with Crippen molar-refractivity contribution >= 4 is 17.3 Å². The summed E-state index contributed by atoms with van der Waals surface area (Å²) in [6, 6.07) is 0. The average molecular weight is 381 g/mol. The number of aliphatic imine (C=N–C) groups is 1. The number of guanidine groups is 1. The Kier molecular flexibility index (Phi) is 9.76. The number of alkyl halides is 3. The lowest BCUT2D eigenvalue weighted by Gasteiger charge is -2.15. The summed E-state index contributed by atoms with van der Waals surface area (Å²) in [4.78, 5) is 10.2. The second-order valence-electron chi connectivity index (χ2n) is 5.36.